The molecule has 1 fully saturated rings. The number of oxazole rings is 1. The van der Waals surface area contributed by atoms with Gasteiger partial charge in [0.05, 0.1) is 12.2 Å². The third-order valence-electron chi connectivity index (χ3n) is 5.10. The van der Waals surface area contributed by atoms with E-state index in [-0.39, 0.29) is 30.0 Å². The van der Waals surface area contributed by atoms with E-state index in [1.54, 1.807) is 6.26 Å². The molecule has 1 aliphatic rings. The predicted octanol–water partition coefficient (Wildman–Crippen LogP) is 4.57. The molecule has 6 nitrogen and oxygen atoms in total. The Kier molecular flexibility index (Phi) is 8.43. The van der Waals surface area contributed by atoms with Crippen molar-refractivity contribution in [2.24, 2.45) is 4.99 Å². The number of hydrogen-bond acceptors (Lipinski definition) is 4. The summed E-state index contributed by atoms with van der Waals surface area (Å²) >= 11 is 0. The monoisotopic (exact) mass is 553 g/mol. The van der Waals surface area contributed by atoms with E-state index < -0.39 is 11.6 Å². The topological polar surface area (TPSA) is 65.7 Å². The van der Waals surface area contributed by atoms with Gasteiger partial charge in [-0.3, -0.25) is 0 Å². The maximum atomic E-state index is 14.1. The van der Waals surface area contributed by atoms with Gasteiger partial charge >= 0.3 is 0 Å². The molecule has 0 aliphatic carbocycles. The van der Waals surface area contributed by atoms with Crippen LogP contribution in [0.3, 0.4) is 0 Å². The average Bonchev–Trinajstić information content (AvgIpc) is 3.43. The summed E-state index contributed by atoms with van der Waals surface area (Å²) in [6.07, 6.45) is 2.44. The van der Waals surface area contributed by atoms with E-state index in [0.29, 0.717) is 43.7 Å². The molecule has 0 bridgehead atoms. The number of guanidine groups is 1. The Balaban J connectivity index is 0.00000289. The maximum absolute atomic E-state index is 14.1. The van der Waals surface area contributed by atoms with Crippen molar-refractivity contribution in [1.82, 2.24) is 15.6 Å². The maximum Gasteiger partial charge on any atom is 0.226 e. The fourth-order valence-electron chi connectivity index (χ4n) is 3.60. The summed E-state index contributed by atoms with van der Waals surface area (Å²) in [5.74, 6) is 0.121. The lowest BCUT2D eigenvalue weighted by molar-refractivity contribution is 0.572. The number of halogens is 3. The molecule has 2 aromatic carbocycles. The summed E-state index contributed by atoms with van der Waals surface area (Å²) < 4.78 is 32.8. The molecule has 4 rings (SSSR count). The van der Waals surface area contributed by atoms with Gasteiger partial charge in [0.25, 0.3) is 0 Å². The molecule has 170 valence electrons. The largest absolute Gasteiger partial charge is 0.444 e. The lowest BCUT2D eigenvalue weighted by Crippen LogP contribution is -2.44. The molecule has 3 aromatic rings. The van der Waals surface area contributed by atoms with Gasteiger partial charge in [0.1, 0.15) is 23.6 Å². The number of aromatic nitrogens is 1. The number of benzene rings is 2. The molecular formula is C23H26F2IN5O. The molecular weight excluding hydrogens is 527 g/mol. The quantitative estimate of drug-likeness (QED) is 0.266. The van der Waals surface area contributed by atoms with Crippen LogP contribution in [0.25, 0.3) is 11.5 Å². The zero-order valence-electron chi connectivity index (χ0n) is 17.7. The van der Waals surface area contributed by atoms with Crippen molar-refractivity contribution in [3.8, 4) is 11.5 Å². The molecule has 1 aromatic heterocycles. The van der Waals surface area contributed by atoms with Crippen molar-refractivity contribution in [2.75, 3.05) is 24.5 Å². The number of hydrogen-bond donors (Lipinski definition) is 2. The second-order valence-corrected chi connectivity index (χ2v) is 7.38. The molecule has 2 N–H and O–H groups in total. The van der Waals surface area contributed by atoms with Crippen LogP contribution in [0.1, 0.15) is 19.0 Å². The zero-order chi connectivity index (χ0) is 21.6. The Labute approximate surface area is 203 Å². The van der Waals surface area contributed by atoms with Crippen LogP contribution in [-0.2, 0) is 6.54 Å². The fraction of sp³-hybridized carbons (Fsp3) is 0.304. The summed E-state index contributed by atoms with van der Waals surface area (Å²) in [4.78, 5) is 11.0. The third-order valence-corrected chi connectivity index (χ3v) is 5.10. The van der Waals surface area contributed by atoms with Crippen LogP contribution in [0.5, 0.6) is 0 Å². The Morgan fingerprint density at radius 3 is 2.78 bits per heavy atom. The van der Waals surface area contributed by atoms with Gasteiger partial charge in [0, 0.05) is 37.3 Å². The van der Waals surface area contributed by atoms with Gasteiger partial charge in [-0.15, -0.1) is 24.0 Å². The smallest absolute Gasteiger partial charge is 0.226 e. The molecule has 9 heteroatoms. The summed E-state index contributed by atoms with van der Waals surface area (Å²) in [5, 5.41) is 6.63. The van der Waals surface area contributed by atoms with Crippen molar-refractivity contribution in [1.29, 1.82) is 0 Å². The lowest BCUT2D eigenvalue weighted by atomic mass is 10.2. The van der Waals surface area contributed by atoms with E-state index in [1.807, 2.05) is 42.2 Å². The van der Waals surface area contributed by atoms with E-state index in [9.17, 15) is 8.78 Å². The molecule has 0 spiro atoms. The standard InChI is InChI=1S/C23H25F2N5O.HI/c1-2-26-23(27-13-19-15-31-22(28-19)16-6-4-3-5-7-16)29-18-10-11-30(14-18)21-9-8-17(24)12-20(21)25;/h3-9,12,15,18H,2,10-11,13-14H2,1H3,(H2,26,27,29);1H. The molecule has 1 unspecified atom stereocenters. The van der Waals surface area contributed by atoms with Gasteiger partial charge in [0.2, 0.25) is 5.89 Å². The second-order valence-electron chi connectivity index (χ2n) is 7.38. The molecule has 1 atom stereocenters. The normalized spacial score (nSPS) is 16.0. The lowest BCUT2D eigenvalue weighted by Gasteiger charge is -2.20. The molecule has 2 heterocycles. The second kappa shape index (κ2) is 11.3. The number of aliphatic imine (C=N–C) groups is 1. The minimum absolute atomic E-state index is 0. The Bertz CT molecular complexity index is 1040. The van der Waals surface area contributed by atoms with Gasteiger partial charge in [-0.2, -0.15) is 0 Å². The SMILES string of the molecule is CCNC(=NCc1coc(-c2ccccc2)n1)NC1CCN(c2ccc(F)cc2F)C1.I. The minimum atomic E-state index is -0.569. The first kappa shape index (κ1) is 24.0. The summed E-state index contributed by atoms with van der Waals surface area (Å²) in [6, 6.07) is 13.5. The van der Waals surface area contributed by atoms with E-state index in [2.05, 4.69) is 20.6 Å². The highest BCUT2D eigenvalue weighted by Gasteiger charge is 2.25. The van der Waals surface area contributed by atoms with Gasteiger partial charge in [-0.25, -0.2) is 18.8 Å². The van der Waals surface area contributed by atoms with Crippen molar-refractivity contribution in [3.63, 3.8) is 0 Å². The van der Waals surface area contributed by atoms with E-state index in [0.717, 1.165) is 23.7 Å². The van der Waals surface area contributed by atoms with Crippen LogP contribution in [0.4, 0.5) is 14.5 Å². The first-order valence-electron chi connectivity index (χ1n) is 10.4. The van der Waals surface area contributed by atoms with Gasteiger partial charge < -0.3 is 20.0 Å². The first-order chi connectivity index (χ1) is 15.1. The molecule has 1 saturated heterocycles. The zero-order valence-corrected chi connectivity index (χ0v) is 20.1. The number of nitrogens with zero attached hydrogens (tertiary/aromatic N) is 3. The third kappa shape index (κ3) is 5.96. The summed E-state index contributed by atoms with van der Waals surface area (Å²) in [5.41, 5.74) is 2.07. The van der Waals surface area contributed by atoms with Gasteiger partial charge in [0.15, 0.2) is 5.96 Å². The Morgan fingerprint density at radius 2 is 2.03 bits per heavy atom. The van der Waals surface area contributed by atoms with Crippen LogP contribution < -0.4 is 15.5 Å². The average molecular weight is 553 g/mol. The molecule has 32 heavy (non-hydrogen) atoms. The molecule has 0 amide bonds. The van der Waals surface area contributed by atoms with Crippen molar-refractivity contribution in [3.05, 3.63) is 72.1 Å². The molecule has 1 aliphatic heterocycles. The highest BCUT2D eigenvalue weighted by Crippen LogP contribution is 2.24. The minimum Gasteiger partial charge on any atom is -0.444 e. The van der Waals surface area contributed by atoms with Crippen LogP contribution in [0.2, 0.25) is 0 Å². The van der Waals surface area contributed by atoms with Crippen molar-refractivity contribution < 1.29 is 13.2 Å². The summed E-state index contributed by atoms with van der Waals surface area (Å²) in [7, 11) is 0. The highest BCUT2D eigenvalue weighted by atomic mass is 127. The van der Waals surface area contributed by atoms with E-state index in [1.165, 1.54) is 12.1 Å². The van der Waals surface area contributed by atoms with Crippen molar-refractivity contribution in [2.45, 2.75) is 25.9 Å². The van der Waals surface area contributed by atoms with Crippen LogP contribution in [0, 0.1) is 11.6 Å². The van der Waals surface area contributed by atoms with Gasteiger partial charge in [-0.1, -0.05) is 18.2 Å². The van der Waals surface area contributed by atoms with Crippen molar-refractivity contribution >= 4 is 35.6 Å². The molecule has 0 saturated carbocycles. The Morgan fingerprint density at radius 1 is 1.22 bits per heavy atom. The highest BCUT2D eigenvalue weighted by molar-refractivity contribution is 14.0. The number of anilines is 1. The van der Waals surface area contributed by atoms with Gasteiger partial charge in [-0.05, 0) is 37.6 Å². The van der Waals surface area contributed by atoms with Crippen LogP contribution >= 0.6 is 24.0 Å². The number of rotatable bonds is 6. The van der Waals surface area contributed by atoms with E-state index in [4.69, 9.17) is 4.42 Å². The summed E-state index contributed by atoms with van der Waals surface area (Å²) in [6.45, 7) is 4.37. The fourth-order valence-corrected chi connectivity index (χ4v) is 3.60. The molecule has 0 radical (unpaired) electrons. The Hall–Kier alpha value is -2.69. The number of nitrogens with one attached hydrogen (secondary N) is 2. The van der Waals surface area contributed by atoms with Crippen LogP contribution in [-0.4, -0.2) is 36.6 Å². The van der Waals surface area contributed by atoms with E-state index >= 15 is 0 Å². The predicted molar refractivity (Wildman–Crippen MR) is 132 cm³/mol. The van der Waals surface area contributed by atoms with Crippen LogP contribution in [0.15, 0.2) is 64.2 Å². The first-order valence-corrected chi connectivity index (χ1v) is 10.4.